The minimum absolute atomic E-state index is 0.607. The summed E-state index contributed by atoms with van der Waals surface area (Å²) >= 11 is 5.31. The van der Waals surface area contributed by atoms with Gasteiger partial charge in [-0.3, -0.25) is 0 Å². The van der Waals surface area contributed by atoms with E-state index in [0.29, 0.717) is 6.04 Å². The van der Waals surface area contributed by atoms with E-state index in [1.54, 1.807) is 11.3 Å². The molecule has 0 spiro atoms. The molecular weight excluding hydrogens is 222 g/mol. The minimum atomic E-state index is 0.607. The van der Waals surface area contributed by atoms with Crippen molar-refractivity contribution in [2.75, 3.05) is 6.54 Å². The Morgan fingerprint density at radius 2 is 2.45 bits per heavy atom. The molecule has 60 valence electrons. The molecule has 1 atom stereocenters. The Bertz CT molecular complexity index is 240. The molecule has 11 heavy (non-hydrogen) atoms. The second kappa shape index (κ2) is 3.25. The van der Waals surface area contributed by atoms with Crippen molar-refractivity contribution in [1.29, 1.82) is 0 Å². The number of hydrogen-bond acceptors (Lipinski definition) is 2. The minimum Gasteiger partial charge on any atom is -0.310 e. The topological polar surface area (TPSA) is 12.0 Å². The Morgan fingerprint density at radius 1 is 1.55 bits per heavy atom. The van der Waals surface area contributed by atoms with Crippen LogP contribution in [0.15, 0.2) is 15.2 Å². The van der Waals surface area contributed by atoms with Gasteiger partial charge in [0.25, 0.3) is 0 Å². The molecule has 0 aliphatic carbocycles. The monoisotopic (exact) mass is 231 g/mol. The highest BCUT2D eigenvalue weighted by Gasteiger charge is 2.18. The number of rotatable bonds is 1. The zero-order valence-corrected chi connectivity index (χ0v) is 8.54. The van der Waals surface area contributed by atoms with Gasteiger partial charge in [-0.25, -0.2) is 0 Å². The van der Waals surface area contributed by atoms with E-state index in [4.69, 9.17) is 0 Å². The van der Waals surface area contributed by atoms with Gasteiger partial charge in [-0.15, -0.1) is 0 Å². The maximum absolute atomic E-state index is 3.55. The van der Waals surface area contributed by atoms with Gasteiger partial charge >= 0.3 is 0 Å². The number of nitrogens with one attached hydrogen (secondary N) is 1. The molecule has 1 aromatic heterocycles. The SMILES string of the molecule is Brc1cscc1[C@@H]1CCCN1. The van der Waals surface area contributed by atoms with E-state index in [1.807, 2.05) is 0 Å². The third-order valence-corrected chi connectivity index (χ3v) is 3.83. The van der Waals surface area contributed by atoms with Gasteiger partial charge in [-0.1, -0.05) is 0 Å². The van der Waals surface area contributed by atoms with Gasteiger partial charge in [-0.2, -0.15) is 11.3 Å². The molecule has 0 amide bonds. The van der Waals surface area contributed by atoms with E-state index in [1.165, 1.54) is 29.4 Å². The van der Waals surface area contributed by atoms with Crippen molar-refractivity contribution in [2.24, 2.45) is 0 Å². The van der Waals surface area contributed by atoms with E-state index in [2.05, 4.69) is 32.0 Å². The maximum Gasteiger partial charge on any atom is 0.0340 e. The first kappa shape index (κ1) is 7.77. The van der Waals surface area contributed by atoms with Crippen LogP contribution >= 0.6 is 27.3 Å². The molecule has 2 rings (SSSR count). The summed E-state index contributed by atoms with van der Waals surface area (Å²) in [5.41, 5.74) is 1.44. The zero-order chi connectivity index (χ0) is 7.68. The lowest BCUT2D eigenvalue weighted by molar-refractivity contribution is 0.647. The molecule has 0 radical (unpaired) electrons. The van der Waals surface area contributed by atoms with Gasteiger partial charge < -0.3 is 5.32 Å². The Hall–Kier alpha value is 0.140. The average molecular weight is 232 g/mol. The Kier molecular flexibility index (Phi) is 2.30. The van der Waals surface area contributed by atoms with Crippen LogP contribution in [-0.2, 0) is 0 Å². The molecule has 2 heterocycles. The van der Waals surface area contributed by atoms with Crippen LogP contribution in [0.1, 0.15) is 24.4 Å². The second-order valence-corrected chi connectivity index (χ2v) is 4.42. The van der Waals surface area contributed by atoms with Crippen molar-refractivity contribution in [2.45, 2.75) is 18.9 Å². The molecule has 1 aliphatic heterocycles. The van der Waals surface area contributed by atoms with Crippen LogP contribution in [0.25, 0.3) is 0 Å². The first-order valence-electron chi connectivity index (χ1n) is 3.83. The lowest BCUT2D eigenvalue weighted by Gasteiger charge is -2.07. The molecule has 1 aromatic rings. The van der Waals surface area contributed by atoms with Crippen molar-refractivity contribution in [1.82, 2.24) is 5.32 Å². The summed E-state index contributed by atoms with van der Waals surface area (Å²) in [4.78, 5) is 0. The summed E-state index contributed by atoms with van der Waals surface area (Å²) in [6.07, 6.45) is 2.60. The van der Waals surface area contributed by atoms with E-state index < -0.39 is 0 Å². The third kappa shape index (κ3) is 1.50. The van der Waals surface area contributed by atoms with Gasteiger partial charge in [0, 0.05) is 15.9 Å². The Balaban J connectivity index is 2.21. The average Bonchev–Trinajstić information content (AvgIpc) is 2.55. The lowest BCUT2D eigenvalue weighted by atomic mass is 10.1. The zero-order valence-electron chi connectivity index (χ0n) is 6.14. The largest absolute Gasteiger partial charge is 0.310 e. The standard InChI is InChI=1S/C8H10BrNS/c9-7-5-11-4-6(7)8-2-1-3-10-8/h4-5,8,10H,1-3H2/t8-/m0/s1. The van der Waals surface area contributed by atoms with E-state index in [0.717, 1.165) is 0 Å². The Morgan fingerprint density at radius 3 is 3.00 bits per heavy atom. The number of halogens is 1. The fraction of sp³-hybridized carbons (Fsp3) is 0.500. The predicted molar refractivity (Wildman–Crippen MR) is 52.0 cm³/mol. The highest BCUT2D eigenvalue weighted by molar-refractivity contribution is 9.10. The van der Waals surface area contributed by atoms with Crippen molar-refractivity contribution in [3.05, 3.63) is 20.8 Å². The molecule has 1 fully saturated rings. The van der Waals surface area contributed by atoms with E-state index in [-0.39, 0.29) is 0 Å². The molecule has 3 heteroatoms. The Labute approximate surface area is 78.9 Å². The maximum atomic E-state index is 3.55. The highest BCUT2D eigenvalue weighted by atomic mass is 79.9. The normalized spacial score (nSPS) is 24.3. The molecule has 1 nitrogen and oxygen atoms in total. The first-order valence-corrected chi connectivity index (χ1v) is 5.56. The van der Waals surface area contributed by atoms with Gasteiger partial charge in [0.1, 0.15) is 0 Å². The van der Waals surface area contributed by atoms with Crippen LogP contribution in [0, 0.1) is 0 Å². The summed E-state index contributed by atoms with van der Waals surface area (Å²) < 4.78 is 1.27. The molecule has 0 unspecified atom stereocenters. The molecule has 0 aromatic carbocycles. The highest BCUT2D eigenvalue weighted by Crippen LogP contribution is 2.31. The molecule has 1 N–H and O–H groups in total. The summed E-state index contributed by atoms with van der Waals surface area (Å²) in [5, 5.41) is 7.85. The quantitative estimate of drug-likeness (QED) is 0.784. The third-order valence-electron chi connectivity index (χ3n) is 2.08. The fourth-order valence-electron chi connectivity index (χ4n) is 1.49. The smallest absolute Gasteiger partial charge is 0.0340 e. The van der Waals surface area contributed by atoms with Crippen LogP contribution in [0.3, 0.4) is 0 Å². The van der Waals surface area contributed by atoms with Gasteiger partial charge in [0.05, 0.1) is 0 Å². The van der Waals surface area contributed by atoms with Crippen molar-refractivity contribution in [3.8, 4) is 0 Å². The lowest BCUT2D eigenvalue weighted by Crippen LogP contribution is -2.12. The van der Waals surface area contributed by atoms with E-state index >= 15 is 0 Å². The summed E-state index contributed by atoms with van der Waals surface area (Å²) in [7, 11) is 0. The number of thiophene rings is 1. The van der Waals surface area contributed by atoms with Crippen LogP contribution in [-0.4, -0.2) is 6.54 Å². The second-order valence-electron chi connectivity index (χ2n) is 2.82. The predicted octanol–water partition coefficient (Wildman–Crippen LogP) is 2.94. The summed E-state index contributed by atoms with van der Waals surface area (Å²) in [6.45, 7) is 1.17. The number of hydrogen-bond donors (Lipinski definition) is 1. The van der Waals surface area contributed by atoms with Gasteiger partial charge in [-0.05, 0) is 46.3 Å². The van der Waals surface area contributed by atoms with Crippen LogP contribution in [0.4, 0.5) is 0 Å². The van der Waals surface area contributed by atoms with Crippen molar-refractivity contribution >= 4 is 27.3 Å². The van der Waals surface area contributed by atoms with Crippen LogP contribution < -0.4 is 5.32 Å². The molecular formula is C8H10BrNS. The molecule has 1 saturated heterocycles. The first-order chi connectivity index (χ1) is 5.38. The molecule has 0 saturated carbocycles. The summed E-state index contributed by atoms with van der Waals surface area (Å²) in [5.74, 6) is 0. The summed E-state index contributed by atoms with van der Waals surface area (Å²) in [6, 6.07) is 0.607. The van der Waals surface area contributed by atoms with Gasteiger partial charge in [0.15, 0.2) is 0 Å². The van der Waals surface area contributed by atoms with E-state index in [9.17, 15) is 0 Å². The molecule has 0 bridgehead atoms. The molecule has 1 aliphatic rings. The van der Waals surface area contributed by atoms with Crippen molar-refractivity contribution in [3.63, 3.8) is 0 Å². The van der Waals surface area contributed by atoms with Crippen LogP contribution in [0.2, 0.25) is 0 Å². The van der Waals surface area contributed by atoms with Crippen LogP contribution in [0.5, 0.6) is 0 Å². The van der Waals surface area contributed by atoms with Crippen molar-refractivity contribution < 1.29 is 0 Å². The van der Waals surface area contributed by atoms with Gasteiger partial charge in [0.2, 0.25) is 0 Å². The fourth-order valence-corrected chi connectivity index (χ4v) is 3.12.